The molecule has 2 rings (SSSR count). The molecule has 1 aliphatic carbocycles. The normalized spacial score (nSPS) is 15.0. The second kappa shape index (κ2) is 9.19. The number of carbonyl (C=O) groups excluding carboxylic acids is 2. The number of amides is 1. The summed E-state index contributed by atoms with van der Waals surface area (Å²) >= 11 is 13.7. The van der Waals surface area contributed by atoms with Crippen molar-refractivity contribution in [1.29, 1.82) is 0 Å². The zero-order chi connectivity index (χ0) is 20.4. The summed E-state index contributed by atoms with van der Waals surface area (Å²) in [4.78, 5) is 28.3. The molecule has 1 amide bonds. The van der Waals surface area contributed by atoms with E-state index in [1.165, 1.54) is 0 Å². The summed E-state index contributed by atoms with van der Waals surface area (Å²) in [6.45, 7) is 10.5. The van der Waals surface area contributed by atoms with Crippen LogP contribution in [0.3, 0.4) is 0 Å². The van der Waals surface area contributed by atoms with Crippen molar-refractivity contribution in [3.8, 4) is 0 Å². The number of benzene rings is 1. The molecule has 1 fully saturated rings. The van der Waals surface area contributed by atoms with E-state index < -0.39 is 5.41 Å². The molecular weight excluding hydrogens is 401 g/mol. The molecule has 0 bridgehead atoms. The Morgan fingerprint density at radius 3 is 2.26 bits per heavy atom. The first-order valence-corrected chi connectivity index (χ1v) is 11.1. The highest BCUT2D eigenvalue weighted by molar-refractivity contribution is 8.13. The monoisotopic (exact) mass is 429 g/mol. The van der Waals surface area contributed by atoms with E-state index in [1.54, 1.807) is 12.1 Å². The lowest BCUT2D eigenvalue weighted by molar-refractivity contribution is -0.124. The molecule has 27 heavy (non-hydrogen) atoms. The fourth-order valence-electron chi connectivity index (χ4n) is 2.68. The summed E-state index contributed by atoms with van der Waals surface area (Å²) in [5, 5.41) is 0.821. The van der Waals surface area contributed by atoms with Gasteiger partial charge in [-0.3, -0.25) is 9.59 Å². The second-order valence-electron chi connectivity index (χ2n) is 8.67. The van der Waals surface area contributed by atoms with Gasteiger partial charge in [0.25, 0.3) is 0 Å². The number of carbonyl (C=O) groups is 2. The van der Waals surface area contributed by atoms with Crippen LogP contribution in [-0.4, -0.2) is 17.6 Å². The number of nitrogens with zero attached hydrogens (tertiary/aromatic N) is 1. The quantitative estimate of drug-likeness (QED) is 0.464. The summed E-state index contributed by atoms with van der Waals surface area (Å²) in [5.74, 6) is 0.671. The molecule has 0 radical (unpaired) electrons. The van der Waals surface area contributed by atoms with Crippen molar-refractivity contribution in [2.24, 2.45) is 17.3 Å². The molecule has 150 valence electrons. The minimum Gasteiger partial charge on any atom is -0.311 e. The van der Waals surface area contributed by atoms with Crippen molar-refractivity contribution in [1.82, 2.24) is 0 Å². The Bertz CT molecular complexity index is 709. The molecule has 1 saturated carbocycles. The van der Waals surface area contributed by atoms with E-state index in [0.29, 0.717) is 33.1 Å². The van der Waals surface area contributed by atoms with E-state index in [4.69, 9.17) is 23.2 Å². The van der Waals surface area contributed by atoms with Crippen LogP contribution in [0, 0.1) is 17.3 Å². The van der Waals surface area contributed by atoms with Crippen LogP contribution in [-0.2, 0) is 9.59 Å². The highest BCUT2D eigenvalue weighted by atomic mass is 35.5. The molecule has 0 atom stereocenters. The maximum atomic E-state index is 13.1. The van der Waals surface area contributed by atoms with Crippen molar-refractivity contribution in [3.05, 3.63) is 22.2 Å². The molecule has 0 aliphatic heterocycles. The van der Waals surface area contributed by atoms with Gasteiger partial charge in [-0.15, -0.1) is 0 Å². The van der Waals surface area contributed by atoms with Crippen LogP contribution in [0.25, 0.3) is 0 Å². The summed E-state index contributed by atoms with van der Waals surface area (Å²) in [7, 11) is 0. The van der Waals surface area contributed by atoms with Gasteiger partial charge in [0.2, 0.25) is 5.91 Å². The molecule has 0 N–H and O–H groups in total. The predicted octanol–water partition coefficient (Wildman–Crippen LogP) is 6.84. The number of rotatable bonds is 6. The van der Waals surface area contributed by atoms with Gasteiger partial charge in [0.05, 0.1) is 15.7 Å². The lowest BCUT2D eigenvalue weighted by Crippen LogP contribution is -2.40. The Balaban J connectivity index is 2.43. The van der Waals surface area contributed by atoms with Crippen LogP contribution >= 0.6 is 35.0 Å². The number of hydrogen-bond donors (Lipinski definition) is 0. The van der Waals surface area contributed by atoms with Crippen molar-refractivity contribution >= 4 is 51.7 Å². The Hall–Kier alpha value is -0.710. The van der Waals surface area contributed by atoms with E-state index in [-0.39, 0.29) is 16.9 Å². The summed E-state index contributed by atoms with van der Waals surface area (Å²) in [5.41, 5.74) is 0.207. The third-order valence-corrected chi connectivity index (χ3v) is 6.83. The highest BCUT2D eigenvalue weighted by Crippen LogP contribution is 2.41. The van der Waals surface area contributed by atoms with Gasteiger partial charge in [-0.05, 0) is 49.1 Å². The Morgan fingerprint density at radius 1 is 1.19 bits per heavy atom. The van der Waals surface area contributed by atoms with Crippen molar-refractivity contribution < 1.29 is 9.59 Å². The summed E-state index contributed by atoms with van der Waals surface area (Å²) in [6, 6.07) is 3.45. The van der Waals surface area contributed by atoms with Gasteiger partial charge in [-0.2, -0.15) is 0 Å². The topological polar surface area (TPSA) is 37.4 Å². The third-order valence-electron chi connectivity index (χ3n) is 4.76. The van der Waals surface area contributed by atoms with Gasteiger partial charge < -0.3 is 4.90 Å². The van der Waals surface area contributed by atoms with Gasteiger partial charge in [-0.1, -0.05) is 64.2 Å². The Kier molecular flexibility index (Phi) is 7.69. The van der Waals surface area contributed by atoms with Gasteiger partial charge in [0, 0.05) is 22.8 Å². The molecule has 0 heterocycles. The summed E-state index contributed by atoms with van der Waals surface area (Å²) in [6.07, 6.45) is 3.85. The predicted molar refractivity (Wildman–Crippen MR) is 116 cm³/mol. The molecule has 1 aromatic carbocycles. The van der Waals surface area contributed by atoms with Crippen molar-refractivity contribution in [2.45, 2.75) is 65.2 Å². The third kappa shape index (κ3) is 5.88. The molecule has 1 aromatic rings. The smallest absolute Gasteiger partial charge is 0.230 e. The van der Waals surface area contributed by atoms with Crippen LogP contribution in [0.4, 0.5) is 5.69 Å². The lowest BCUT2D eigenvalue weighted by atomic mass is 9.84. The molecule has 0 unspecified atom stereocenters. The first kappa shape index (κ1) is 22.6. The zero-order valence-corrected chi connectivity index (χ0v) is 19.1. The minimum atomic E-state index is -0.491. The van der Waals surface area contributed by atoms with Crippen LogP contribution in [0.15, 0.2) is 17.0 Å². The number of anilines is 1. The molecule has 0 spiro atoms. The van der Waals surface area contributed by atoms with Crippen LogP contribution in [0.1, 0.15) is 60.3 Å². The number of hydrogen-bond acceptors (Lipinski definition) is 3. The van der Waals surface area contributed by atoms with E-state index in [1.807, 2.05) is 25.7 Å². The second-order valence-corrected chi connectivity index (χ2v) is 10.5. The van der Waals surface area contributed by atoms with Gasteiger partial charge in [-0.25, -0.2) is 0 Å². The van der Waals surface area contributed by atoms with Crippen molar-refractivity contribution in [2.75, 3.05) is 11.4 Å². The maximum absolute atomic E-state index is 13.1. The number of thioether (sulfide) groups is 1. The summed E-state index contributed by atoms with van der Waals surface area (Å²) < 4.78 is 0. The minimum absolute atomic E-state index is 0.0297. The zero-order valence-electron chi connectivity index (χ0n) is 16.8. The molecule has 0 aromatic heterocycles. The molecule has 0 saturated heterocycles. The Labute approximate surface area is 177 Å². The highest BCUT2D eigenvalue weighted by Gasteiger charge is 2.32. The number of halogens is 2. The van der Waals surface area contributed by atoms with E-state index in [9.17, 15) is 9.59 Å². The Morgan fingerprint density at radius 2 is 1.78 bits per heavy atom. The first-order valence-electron chi connectivity index (χ1n) is 9.53. The molecular formula is C21H29Cl2NO2S. The SMILES string of the molecule is CC(C)CCN(C(=O)C1CCC1)c1cc(Cl)c(Cl)cc1SC(=O)C(C)(C)C. The van der Waals surface area contributed by atoms with E-state index in [2.05, 4.69) is 13.8 Å². The largest absolute Gasteiger partial charge is 0.311 e. The van der Waals surface area contributed by atoms with Gasteiger partial charge >= 0.3 is 0 Å². The van der Waals surface area contributed by atoms with Crippen LogP contribution in [0.5, 0.6) is 0 Å². The fraction of sp³-hybridized carbons (Fsp3) is 0.619. The molecule has 1 aliphatic rings. The standard InChI is InChI=1S/C21H29Cl2NO2S/c1-13(2)9-10-24(19(25)14-7-6-8-14)17-11-15(22)16(23)12-18(17)27-20(26)21(3,4)5/h11-14H,6-10H2,1-5H3. The van der Waals surface area contributed by atoms with Crippen molar-refractivity contribution in [3.63, 3.8) is 0 Å². The van der Waals surface area contributed by atoms with Crippen LogP contribution in [0.2, 0.25) is 10.0 Å². The average Bonchev–Trinajstić information content (AvgIpc) is 2.48. The van der Waals surface area contributed by atoms with E-state index in [0.717, 1.165) is 37.4 Å². The molecule has 3 nitrogen and oxygen atoms in total. The van der Waals surface area contributed by atoms with E-state index >= 15 is 0 Å². The van der Waals surface area contributed by atoms with Crippen LogP contribution < -0.4 is 4.90 Å². The fourth-order valence-corrected chi connectivity index (χ4v) is 4.02. The average molecular weight is 430 g/mol. The molecule has 6 heteroatoms. The maximum Gasteiger partial charge on any atom is 0.230 e. The van der Waals surface area contributed by atoms with Gasteiger partial charge in [0.15, 0.2) is 5.12 Å². The lowest BCUT2D eigenvalue weighted by Gasteiger charge is -2.33. The first-order chi connectivity index (χ1) is 12.5. The van der Waals surface area contributed by atoms with Gasteiger partial charge in [0.1, 0.15) is 0 Å².